The first-order valence-corrected chi connectivity index (χ1v) is 17.4. The van der Waals surface area contributed by atoms with E-state index in [-0.39, 0.29) is 0 Å². The molecule has 7 rings (SSSR count). The molecule has 1 aliphatic heterocycles. The Bertz CT molecular complexity index is 1980. The maximum atomic E-state index is 4.77. The van der Waals surface area contributed by atoms with Gasteiger partial charge in [-0.2, -0.15) is 10.2 Å². The molecule has 2 aromatic heterocycles. The smallest absolute Gasteiger partial charge is 0.202 e. The van der Waals surface area contributed by atoms with Crippen molar-refractivity contribution in [3.05, 3.63) is 120 Å². The number of nitrogens with zero attached hydrogens (tertiary/aromatic N) is 4. The van der Waals surface area contributed by atoms with Crippen LogP contribution in [0.2, 0.25) is 0 Å². The first kappa shape index (κ1) is 30.5. The summed E-state index contributed by atoms with van der Waals surface area (Å²) in [5, 5.41) is 14.3. The van der Waals surface area contributed by atoms with E-state index in [1.54, 1.807) is 22.7 Å². The van der Waals surface area contributed by atoms with Crippen molar-refractivity contribution in [1.82, 2.24) is 4.98 Å². The normalized spacial score (nSPS) is 12.9. The molecule has 1 fully saturated rings. The fourth-order valence-corrected chi connectivity index (χ4v) is 7.08. The number of nitrogens with one attached hydrogen (secondary N) is 4. The van der Waals surface area contributed by atoms with Crippen LogP contribution in [0.25, 0.3) is 22.4 Å². The van der Waals surface area contributed by atoms with Crippen molar-refractivity contribution in [2.75, 3.05) is 39.7 Å². The van der Waals surface area contributed by atoms with Crippen LogP contribution in [-0.2, 0) is 0 Å². The van der Waals surface area contributed by atoms with Crippen LogP contribution < -0.4 is 26.6 Å². The van der Waals surface area contributed by atoms with E-state index in [4.69, 9.17) is 4.98 Å². The lowest BCUT2D eigenvalue weighted by atomic mass is 10.0. The Balaban J connectivity index is 0.919. The van der Waals surface area contributed by atoms with Crippen LogP contribution in [0.3, 0.4) is 0 Å². The number of aromatic nitrogens is 1. The van der Waals surface area contributed by atoms with E-state index in [9.17, 15) is 0 Å². The molecule has 0 spiro atoms. The van der Waals surface area contributed by atoms with Crippen molar-refractivity contribution < 1.29 is 0 Å². The molecular weight excluding hydrogens is 621 g/mol. The van der Waals surface area contributed by atoms with E-state index >= 15 is 0 Å². The Morgan fingerprint density at radius 1 is 0.681 bits per heavy atom. The van der Waals surface area contributed by atoms with Gasteiger partial charge in [0.2, 0.25) is 5.13 Å². The van der Waals surface area contributed by atoms with Gasteiger partial charge in [0.15, 0.2) is 0 Å². The number of thiophene rings is 1. The van der Waals surface area contributed by atoms with E-state index < -0.39 is 0 Å². The fraction of sp³-hybridized carbons (Fsp3) is 0.162. The third-order valence-electron chi connectivity index (χ3n) is 8.12. The molecule has 236 valence electrons. The average molecular weight is 657 g/mol. The van der Waals surface area contributed by atoms with Crippen molar-refractivity contribution in [3.63, 3.8) is 0 Å². The van der Waals surface area contributed by atoms with Gasteiger partial charge in [0.05, 0.1) is 33.4 Å². The second kappa shape index (κ2) is 14.1. The number of benzene rings is 4. The van der Waals surface area contributed by atoms with Gasteiger partial charge in [-0.1, -0.05) is 65.9 Å². The van der Waals surface area contributed by atoms with Gasteiger partial charge in [0.25, 0.3) is 0 Å². The first-order valence-electron chi connectivity index (χ1n) is 15.7. The van der Waals surface area contributed by atoms with Crippen LogP contribution in [0.1, 0.15) is 24.0 Å². The molecule has 4 N–H and O–H groups in total. The summed E-state index contributed by atoms with van der Waals surface area (Å²) in [4.78, 5) is 7.22. The number of hydrogen-bond acceptors (Lipinski definition) is 10. The highest BCUT2D eigenvalue weighted by Crippen LogP contribution is 2.33. The summed E-state index contributed by atoms with van der Waals surface area (Å²) in [6.45, 7) is 6.40. The number of hydrogen-bond donors (Lipinski definition) is 4. The first-order chi connectivity index (χ1) is 23.1. The molecule has 10 heteroatoms. The largest absolute Gasteiger partial charge is 0.363 e. The molecule has 6 aromatic rings. The highest BCUT2D eigenvalue weighted by atomic mass is 32.1. The maximum Gasteiger partial charge on any atom is 0.202 e. The number of anilines is 5. The van der Waals surface area contributed by atoms with Crippen LogP contribution in [0.4, 0.5) is 37.9 Å². The van der Waals surface area contributed by atoms with E-state index in [1.165, 1.54) is 29.0 Å². The van der Waals surface area contributed by atoms with Crippen molar-refractivity contribution in [3.8, 4) is 22.4 Å². The summed E-state index contributed by atoms with van der Waals surface area (Å²) in [5.41, 5.74) is 23.2. The third kappa shape index (κ3) is 7.45. The van der Waals surface area contributed by atoms with E-state index in [0.29, 0.717) is 0 Å². The van der Waals surface area contributed by atoms with Gasteiger partial charge in [0, 0.05) is 24.0 Å². The fourth-order valence-electron chi connectivity index (χ4n) is 5.49. The standard InChI is InChI=1S/C37H36N8S2/c1-25-23-31(40-43-35-18-19-36(47-35)45-20-6-7-21-45)15-16-32(25)41-39-30-14-17-33(26(2)22-30)42-44-37-38-34(24-46-37)29-12-10-28(11-13-29)27-8-4-3-5-9-27/h3-5,8-19,22-24,40,42-43H,6-7,20-21H2,1-2H3,(H,38,44)/b41-39+. The van der Waals surface area contributed by atoms with Gasteiger partial charge in [-0.25, -0.2) is 4.98 Å². The molecule has 0 atom stereocenters. The minimum Gasteiger partial charge on any atom is -0.363 e. The van der Waals surface area contributed by atoms with Crippen LogP contribution in [0.15, 0.2) is 119 Å². The topological polar surface area (TPSA) is 89.0 Å². The molecule has 3 heterocycles. The van der Waals surface area contributed by atoms with Gasteiger partial charge >= 0.3 is 0 Å². The lowest BCUT2D eigenvalue weighted by Crippen LogP contribution is -2.15. The van der Waals surface area contributed by atoms with Gasteiger partial charge in [-0.15, -0.1) is 11.3 Å². The maximum absolute atomic E-state index is 4.77. The van der Waals surface area contributed by atoms with Gasteiger partial charge < -0.3 is 10.3 Å². The summed E-state index contributed by atoms with van der Waals surface area (Å²) in [5.74, 6) is 0. The summed E-state index contributed by atoms with van der Waals surface area (Å²) in [7, 11) is 0. The molecule has 0 saturated carbocycles. The van der Waals surface area contributed by atoms with Crippen LogP contribution in [0.5, 0.6) is 0 Å². The molecule has 1 saturated heterocycles. The molecule has 0 amide bonds. The monoisotopic (exact) mass is 656 g/mol. The van der Waals surface area contributed by atoms with Crippen LogP contribution in [-0.4, -0.2) is 18.1 Å². The minimum absolute atomic E-state index is 0.790. The molecule has 0 radical (unpaired) electrons. The Morgan fingerprint density at radius 3 is 2.26 bits per heavy atom. The molecule has 0 unspecified atom stereocenters. The highest BCUT2D eigenvalue weighted by molar-refractivity contribution is 7.20. The second-order valence-corrected chi connectivity index (χ2v) is 13.4. The second-order valence-electron chi connectivity index (χ2n) is 11.5. The minimum atomic E-state index is 0.790. The molecule has 8 nitrogen and oxygen atoms in total. The summed E-state index contributed by atoms with van der Waals surface area (Å²) < 4.78 is 0. The van der Waals surface area contributed by atoms with Crippen molar-refractivity contribution in [2.45, 2.75) is 26.7 Å². The number of aryl methyl sites for hydroxylation is 2. The summed E-state index contributed by atoms with van der Waals surface area (Å²) in [6.07, 6.45) is 2.56. The van der Waals surface area contributed by atoms with Crippen molar-refractivity contribution in [2.24, 2.45) is 10.2 Å². The highest BCUT2D eigenvalue weighted by Gasteiger charge is 2.14. The Morgan fingerprint density at radius 2 is 1.47 bits per heavy atom. The zero-order valence-electron chi connectivity index (χ0n) is 26.3. The lowest BCUT2D eigenvalue weighted by molar-refractivity contribution is 0.949. The number of azo groups is 1. The van der Waals surface area contributed by atoms with Crippen LogP contribution in [0, 0.1) is 13.8 Å². The van der Waals surface area contributed by atoms with Gasteiger partial charge in [-0.05, 0) is 97.5 Å². The zero-order valence-corrected chi connectivity index (χ0v) is 28.0. The predicted octanol–water partition coefficient (Wildman–Crippen LogP) is 11.0. The Labute approximate surface area is 283 Å². The SMILES string of the molecule is Cc1cc(NNc2ccc(N3CCCC3)s2)ccc1/N=N/c1ccc(NNc2nc(-c3ccc(-c4ccccc4)cc3)cs2)c(C)c1. The molecule has 47 heavy (non-hydrogen) atoms. The van der Waals surface area contributed by atoms with E-state index in [2.05, 4.69) is 109 Å². The predicted molar refractivity (Wildman–Crippen MR) is 200 cm³/mol. The van der Waals surface area contributed by atoms with E-state index in [0.717, 1.165) is 68.4 Å². The summed E-state index contributed by atoms with van der Waals surface area (Å²) >= 11 is 3.33. The number of hydrazine groups is 2. The zero-order chi connectivity index (χ0) is 32.0. The molecular formula is C37H36N8S2. The molecule has 0 aliphatic carbocycles. The average Bonchev–Trinajstić information content (AvgIpc) is 3.90. The van der Waals surface area contributed by atoms with Gasteiger partial charge in [-0.3, -0.25) is 16.3 Å². The van der Waals surface area contributed by atoms with Crippen LogP contribution >= 0.6 is 22.7 Å². The molecule has 0 bridgehead atoms. The number of thiazole rings is 1. The van der Waals surface area contributed by atoms with Crippen molar-refractivity contribution in [1.29, 1.82) is 0 Å². The Hall–Kier alpha value is -5.19. The third-order valence-corrected chi connectivity index (χ3v) is 9.93. The molecule has 4 aromatic carbocycles. The van der Waals surface area contributed by atoms with E-state index in [1.807, 2.05) is 50.2 Å². The summed E-state index contributed by atoms with van der Waals surface area (Å²) in [6, 6.07) is 35.3. The quantitative estimate of drug-likeness (QED) is 0.0820. The molecule has 1 aliphatic rings. The Kier molecular flexibility index (Phi) is 9.12. The van der Waals surface area contributed by atoms with Gasteiger partial charge in [0.1, 0.15) is 5.00 Å². The lowest BCUT2D eigenvalue weighted by Gasteiger charge is -2.14. The van der Waals surface area contributed by atoms with Crippen molar-refractivity contribution >= 4 is 60.6 Å². The number of rotatable bonds is 11.